The fourth-order valence-electron chi connectivity index (χ4n) is 2.71. The zero-order valence-electron chi connectivity index (χ0n) is 15.1. The van der Waals surface area contributed by atoms with E-state index in [1.54, 1.807) is 17.8 Å². The van der Waals surface area contributed by atoms with Crippen LogP contribution in [0.5, 0.6) is 5.75 Å². The van der Waals surface area contributed by atoms with Crippen LogP contribution in [0.4, 0.5) is 0 Å². The van der Waals surface area contributed by atoms with Crippen molar-refractivity contribution in [2.75, 3.05) is 18.9 Å². The van der Waals surface area contributed by atoms with Crippen molar-refractivity contribution in [2.45, 2.75) is 11.8 Å². The molecule has 3 aromatic carbocycles. The van der Waals surface area contributed by atoms with Crippen LogP contribution in [0, 0.1) is 6.92 Å². The average Bonchev–Trinajstić information content (AvgIpc) is 2.70. The number of ether oxygens (including phenoxy) is 1. The van der Waals surface area contributed by atoms with E-state index in [9.17, 15) is 9.59 Å². The Morgan fingerprint density at radius 1 is 1.07 bits per heavy atom. The number of rotatable bonds is 8. The SMILES string of the molecule is Cc1ccc(SCCNC(=O)COc2ccc3ccccc3c2C=O)cc1. The lowest BCUT2D eigenvalue weighted by Crippen LogP contribution is -2.30. The predicted octanol–water partition coefficient (Wildman–Crippen LogP) is 4.25. The molecule has 0 saturated heterocycles. The van der Waals surface area contributed by atoms with Gasteiger partial charge in [-0.3, -0.25) is 9.59 Å². The zero-order chi connectivity index (χ0) is 19.1. The van der Waals surface area contributed by atoms with Gasteiger partial charge in [0, 0.05) is 17.2 Å². The Balaban J connectivity index is 1.48. The van der Waals surface area contributed by atoms with Gasteiger partial charge in [-0.1, -0.05) is 48.0 Å². The molecule has 0 aromatic heterocycles. The molecule has 0 saturated carbocycles. The number of hydrogen-bond acceptors (Lipinski definition) is 4. The standard InChI is InChI=1S/C22H21NO3S/c1-16-6-9-18(10-7-16)27-13-12-23-22(25)15-26-21-11-8-17-4-2-3-5-19(17)20(21)14-24/h2-11,14H,12-13,15H2,1H3,(H,23,25). The van der Waals surface area contributed by atoms with E-state index < -0.39 is 0 Å². The zero-order valence-corrected chi connectivity index (χ0v) is 15.9. The van der Waals surface area contributed by atoms with Crippen LogP contribution in [0.25, 0.3) is 10.8 Å². The highest BCUT2D eigenvalue weighted by Crippen LogP contribution is 2.26. The van der Waals surface area contributed by atoms with Crippen molar-refractivity contribution >= 4 is 34.7 Å². The van der Waals surface area contributed by atoms with Gasteiger partial charge in [0.1, 0.15) is 5.75 Å². The smallest absolute Gasteiger partial charge is 0.257 e. The second-order valence-corrected chi connectivity index (χ2v) is 7.28. The van der Waals surface area contributed by atoms with Crippen molar-refractivity contribution in [3.8, 4) is 5.75 Å². The normalized spacial score (nSPS) is 10.6. The number of carbonyl (C=O) groups excluding carboxylic acids is 2. The van der Waals surface area contributed by atoms with Crippen molar-refractivity contribution in [1.29, 1.82) is 0 Å². The summed E-state index contributed by atoms with van der Waals surface area (Å²) < 4.78 is 5.58. The summed E-state index contributed by atoms with van der Waals surface area (Å²) in [6.45, 7) is 2.49. The van der Waals surface area contributed by atoms with E-state index in [0.717, 1.165) is 22.8 Å². The molecule has 5 heteroatoms. The number of carbonyl (C=O) groups is 2. The Hall–Kier alpha value is -2.79. The molecule has 1 N–H and O–H groups in total. The van der Waals surface area contributed by atoms with Gasteiger partial charge in [-0.05, 0) is 35.9 Å². The van der Waals surface area contributed by atoms with E-state index in [2.05, 4.69) is 36.5 Å². The van der Waals surface area contributed by atoms with E-state index in [-0.39, 0.29) is 12.5 Å². The minimum Gasteiger partial charge on any atom is -0.483 e. The van der Waals surface area contributed by atoms with E-state index in [0.29, 0.717) is 17.9 Å². The lowest BCUT2D eigenvalue weighted by Gasteiger charge is -2.11. The van der Waals surface area contributed by atoms with Crippen LogP contribution in [0.3, 0.4) is 0 Å². The topological polar surface area (TPSA) is 55.4 Å². The quantitative estimate of drug-likeness (QED) is 0.361. The van der Waals surface area contributed by atoms with Crippen molar-refractivity contribution in [3.05, 3.63) is 71.8 Å². The van der Waals surface area contributed by atoms with Gasteiger partial charge < -0.3 is 10.1 Å². The number of fused-ring (bicyclic) bond motifs is 1. The molecular weight excluding hydrogens is 358 g/mol. The van der Waals surface area contributed by atoms with Crippen molar-refractivity contribution in [2.24, 2.45) is 0 Å². The molecule has 0 spiro atoms. The lowest BCUT2D eigenvalue weighted by molar-refractivity contribution is -0.122. The summed E-state index contributed by atoms with van der Waals surface area (Å²) >= 11 is 1.69. The monoisotopic (exact) mass is 379 g/mol. The molecule has 0 unspecified atom stereocenters. The highest BCUT2D eigenvalue weighted by Gasteiger charge is 2.10. The summed E-state index contributed by atoms with van der Waals surface area (Å²) in [6, 6.07) is 19.5. The van der Waals surface area contributed by atoms with Gasteiger partial charge >= 0.3 is 0 Å². The van der Waals surface area contributed by atoms with Gasteiger partial charge in [-0.25, -0.2) is 0 Å². The highest BCUT2D eigenvalue weighted by molar-refractivity contribution is 7.99. The van der Waals surface area contributed by atoms with Gasteiger partial charge in [-0.15, -0.1) is 11.8 Å². The molecule has 0 heterocycles. The fourth-order valence-corrected chi connectivity index (χ4v) is 3.48. The van der Waals surface area contributed by atoms with Crippen LogP contribution < -0.4 is 10.1 Å². The van der Waals surface area contributed by atoms with E-state index in [1.807, 2.05) is 30.3 Å². The molecular formula is C22H21NO3S. The maximum atomic E-state index is 12.0. The Morgan fingerprint density at radius 3 is 2.63 bits per heavy atom. The minimum atomic E-state index is -0.204. The molecule has 4 nitrogen and oxygen atoms in total. The Labute approximate surface area is 162 Å². The van der Waals surface area contributed by atoms with E-state index in [4.69, 9.17) is 4.74 Å². The molecule has 138 valence electrons. The summed E-state index contributed by atoms with van der Waals surface area (Å²) in [5.41, 5.74) is 1.70. The molecule has 0 aliphatic heterocycles. The second kappa shape index (κ2) is 9.24. The van der Waals surface area contributed by atoms with E-state index >= 15 is 0 Å². The van der Waals surface area contributed by atoms with Gasteiger partial charge in [0.2, 0.25) is 0 Å². The minimum absolute atomic E-state index is 0.117. The lowest BCUT2D eigenvalue weighted by atomic mass is 10.0. The second-order valence-electron chi connectivity index (χ2n) is 6.12. The van der Waals surface area contributed by atoms with Crippen LogP contribution in [0.2, 0.25) is 0 Å². The molecule has 0 bridgehead atoms. The number of benzene rings is 3. The fraction of sp³-hybridized carbons (Fsp3) is 0.182. The highest BCUT2D eigenvalue weighted by atomic mass is 32.2. The van der Waals surface area contributed by atoms with Gasteiger partial charge in [0.05, 0.1) is 5.56 Å². The van der Waals surface area contributed by atoms with Crippen molar-refractivity contribution in [1.82, 2.24) is 5.32 Å². The van der Waals surface area contributed by atoms with Gasteiger partial charge in [0.25, 0.3) is 5.91 Å². The number of hydrogen-bond donors (Lipinski definition) is 1. The molecule has 0 radical (unpaired) electrons. The average molecular weight is 379 g/mol. The molecule has 0 atom stereocenters. The summed E-state index contributed by atoms with van der Waals surface area (Å²) in [4.78, 5) is 24.6. The Bertz CT molecular complexity index is 938. The summed E-state index contributed by atoms with van der Waals surface area (Å²) in [5.74, 6) is 1.00. The van der Waals surface area contributed by atoms with Gasteiger partial charge in [-0.2, -0.15) is 0 Å². The first kappa shape index (κ1) is 19.0. The first-order valence-corrected chi connectivity index (χ1v) is 9.72. The van der Waals surface area contributed by atoms with Crippen molar-refractivity contribution in [3.63, 3.8) is 0 Å². The number of amides is 1. The third-order valence-corrected chi connectivity index (χ3v) is 5.13. The van der Waals surface area contributed by atoms with Crippen LogP contribution >= 0.6 is 11.8 Å². The third kappa shape index (κ3) is 5.11. The molecule has 0 aliphatic carbocycles. The first-order chi connectivity index (χ1) is 13.2. The predicted molar refractivity (Wildman–Crippen MR) is 110 cm³/mol. The number of nitrogens with one attached hydrogen (secondary N) is 1. The maximum absolute atomic E-state index is 12.0. The first-order valence-electron chi connectivity index (χ1n) is 8.73. The van der Waals surface area contributed by atoms with Crippen LogP contribution in [0.15, 0.2) is 65.6 Å². The van der Waals surface area contributed by atoms with Crippen LogP contribution in [-0.2, 0) is 4.79 Å². The van der Waals surface area contributed by atoms with Crippen LogP contribution in [-0.4, -0.2) is 31.1 Å². The maximum Gasteiger partial charge on any atom is 0.257 e. The number of aldehydes is 1. The molecule has 0 fully saturated rings. The van der Waals surface area contributed by atoms with Gasteiger partial charge in [0.15, 0.2) is 12.9 Å². The number of thioether (sulfide) groups is 1. The largest absolute Gasteiger partial charge is 0.483 e. The molecule has 0 aliphatic rings. The summed E-state index contributed by atoms with van der Waals surface area (Å²) in [5, 5.41) is 4.62. The summed E-state index contributed by atoms with van der Waals surface area (Å²) in [7, 11) is 0. The van der Waals surface area contributed by atoms with Crippen LogP contribution in [0.1, 0.15) is 15.9 Å². The summed E-state index contributed by atoms with van der Waals surface area (Å²) in [6.07, 6.45) is 0.772. The molecule has 1 amide bonds. The van der Waals surface area contributed by atoms with Crippen molar-refractivity contribution < 1.29 is 14.3 Å². The molecule has 3 aromatic rings. The molecule has 3 rings (SSSR count). The van der Waals surface area contributed by atoms with E-state index in [1.165, 1.54) is 10.5 Å². The Morgan fingerprint density at radius 2 is 1.85 bits per heavy atom. The third-order valence-electron chi connectivity index (χ3n) is 4.12. The number of aryl methyl sites for hydroxylation is 1. The Kier molecular flexibility index (Phi) is 6.49. The molecule has 27 heavy (non-hydrogen) atoms.